The van der Waals surface area contributed by atoms with Crippen molar-refractivity contribution in [2.45, 2.75) is 19.3 Å². The number of rotatable bonds is 4. The summed E-state index contributed by atoms with van der Waals surface area (Å²) in [4.78, 5) is 30.2. The van der Waals surface area contributed by atoms with E-state index in [1.165, 1.54) is 0 Å². The molecule has 2 fully saturated rings. The highest BCUT2D eigenvalue weighted by Gasteiger charge is 2.55. The molecule has 4 rings (SSSR count). The number of aromatic nitrogens is 1. The van der Waals surface area contributed by atoms with Gasteiger partial charge in [-0.25, -0.2) is 9.78 Å². The molecule has 0 radical (unpaired) electrons. The summed E-state index contributed by atoms with van der Waals surface area (Å²) < 4.78 is 5.68. The molecule has 2 N–H and O–H groups in total. The van der Waals surface area contributed by atoms with Crippen molar-refractivity contribution in [3.05, 3.63) is 48.7 Å². The van der Waals surface area contributed by atoms with Crippen molar-refractivity contribution in [1.29, 1.82) is 0 Å². The van der Waals surface area contributed by atoms with E-state index >= 15 is 0 Å². The van der Waals surface area contributed by atoms with Gasteiger partial charge in [0.25, 0.3) is 0 Å². The van der Waals surface area contributed by atoms with E-state index in [1.54, 1.807) is 23.2 Å². The molecule has 2 heterocycles. The monoisotopic (exact) mass is 367 g/mol. The highest BCUT2D eigenvalue weighted by atomic mass is 16.5. The predicted octanol–water partition coefficient (Wildman–Crippen LogP) is 3.59. The second-order valence-electron chi connectivity index (χ2n) is 7.16. The molecule has 7 heteroatoms. The first-order valence-corrected chi connectivity index (χ1v) is 9.05. The summed E-state index contributed by atoms with van der Waals surface area (Å²) in [5.41, 5.74) is -0.223. The van der Waals surface area contributed by atoms with Crippen LogP contribution in [0.5, 0.6) is 11.6 Å². The molecule has 7 nitrogen and oxygen atoms in total. The van der Waals surface area contributed by atoms with E-state index in [4.69, 9.17) is 4.74 Å². The first-order chi connectivity index (χ1) is 13.1. The van der Waals surface area contributed by atoms with Crippen LogP contribution in [0.15, 0.2) is 48.7 Å². The second-order valence-corrected chi connectivity index (χ2v) is 7.16. The summed E-state index contributed by atoms with van der Waals surface area (Å²) >= 11 is 0. The number of hydrogen-bond donors (Lipinski definition) is 2. The van der Waals surface area contributed by atoms with Gasteiger partial charge in [0.15, 0.2) is 0 Å². The quantitative estimate of drug-likeness (QED) is 0.862. The first-order valence-electron chi connectivity index (χ1n) is 9.05. The molecule has 1 saturated carbocycles. The number of nitrogens with zero attached hydrogens (tertiary/aromatic N) is 2. The summed E-state index contributed by atoms with van der Waals surface area (Å²) in [5.74, 6) is 0.279. The van der Waals surface area contributed by atoms with Crippen LogP contribution < -0.4 is 10.1 Å². The van der Waals surface area contributed by atoms with Crippen molar-refractivity contribution in [2.24, 2.45) is 11.3 Å². The SMILES string of the molecule is O=C(Nc1ccnc(Oc2ccccc2)c1)N1C[C@@H]2CCC[C@@]2(C(=O)O)C1. The number of anilines is 1. The van der Waals surface area contributed by atoms with Crippen LogP contribution in [-0.4, -0.2) is 40.1 Å². The number of amides is 2. The highest BCUT2D eigenvalue weighted by Crippen LogP contribution is 2.48. The van der Waals surface area contributed by atoms with E-state index in [1.807, 2.05) is 30.3 Å². The Morgan fingerprint density at radius 1 is 1.26 bits per heavy atom. The molecule has 1 saturated heterocycles. The van der Waals surface area contributed by atoms with Crippen LogP contribution in [-0.2, 0) is 4.79 Å². The van der Waals surface area contributed by atoms with E-state index in [0.29, 0.717) is 30.3 Å². The van der Waals surface area contributed by atoms with Crippen LogP contribution in [0, 0.1) is 11.3 Å². The fourth-order valence-corrected chi connectivity index (χ4v) is 4.15. The molecule has 2 aromatic rings. The third-order valence-corrected chi connectivity index (χ3v) is 5.54. The van der Waals surface area contributed by atoms with E-state index in [0.717, 1.165) is 12.8 Å². The van der Waals surface area contributed by atoms with Gasteiger partial charge in [-0.3, -0.25) is 4.79 Å². The van der Waals surface area contributed by atoms with Gasteiger partial charge in [0.05, 0.1) is 5.41 Å². The van der Waals surface area contributed by atoms with Crippen LogP contribution in [0.1, 0.15) is 19.3 Å². The van der Waals surface area contributed by atoms with Crippen LogP contribution in [0.2, 0.25) is 0 Å². The summed E-state index contributed by atoms with van der Waals surface area (Å²) in [7, 11) is 0. The van der Waals surface area contributed by atoms with Crippen LogP contribution in [0.4, 0.5) is 10.5 Å². The minimum absolute atomic E-state index is 0.0372. The molecular formula is C20H21N3O4. The third kappa shape index (κ3) is 3.32. The maximum atomic E-state index is 12.6. The smallest absolute Gasteiger partial charge is 0.321 e. The van der Waals surface area contributed by atoms with E-state index in [9.17, 15) is 14.7 Å². The lowest BCUT2D eigenvalue weighted by molar-refractivity contribution is -0.149. The average Bonchev–Trinajstić information content (AvgIpc) is 3.21. The van der Waals surface area contributed by atoms with Crippen molar-refractivity contribution in [2.75, 3.05) is 18.4 Å². The Morgan fingerprint density at radius 2 is 2.07 bits per heavy atom. The summed E-state index contributed by atoms with van der Waals surface area (Å²) in [6.45, 7) is 0.744. The van der Waals surface area contributed by atoms with Gasteiger partial charge in [0.2, 0.25) is 5.88 Å². The molecule has 140 valence electrons. The fraction of sp³-hybridized carbons (Fsp3) is 0.350. The zero-order chi connectivity index (χ0) is 18.9. The Balaban J connectivity index is 1.43. The molecule has 2 amide bonds. The number of carboxylic acids is 1. The normalized spacial score (nSPS) is 23.7. The highest BCUT2D eigenvalue weighted by molar-refractivity contribution is 5.90. The predicted molar refractivity (Wildman–Crippen MR) is 98.8 cm³/mol. The Labute approximate surface area is 157 Å². The number of hydrogen-bond acceptors (Lipinski definition) is 4. The number of carboxylic acid groups (broad SMARTS) is 1. The minimum Gasteiger partial charge on any atom is -0.481 e. The molecule has 1 aromatic heterocycles. The summed E-state index contributed by atoms with van der Waals surface area (Å²) in [6.07, 6.45) is 3.98. The molecule has 2 aliphatic rings. The van der Waals surface area contributed by atoms with Gasteiger partial charge in [-0.1, -0.05) is 24.6 Å². The van der Waals surface area contributed by atoms with Gasteiger partial charge < -0.3 is 20.1 Å². The number of nitrogens with one attached hydrogen (secondary N) is 1. The van der Waals surface area contributed by atoms with Crippen molar-refractivity contribution in [3.8, 4) is 11.6 Å². The van der Waals surface area contributed by atoms with Crippen LogP contribution >= 0.6 is 0 Å². The maximum Gasteiger partial charge on any atom is 0.321 e. The Bertz CT molecular complexity index is 857. The molecule has 0 bridgehead atoms. The molecule has 2 atom stereocenters. The first kappa shape index (κ1) is 17.3. The van der Waals surface area contributed by atoms with Crippen LogP contribution in [0.25, 0.3) is 0 Å². The van der Waals surface area contributed by atoms with E-state index < -0.39 is 11.4 Å². The maximum absolute atomic E-state index is 12.6. The molecule has 0 unspecified atom stereocenters. The van der Waals surface area contributed by atoms with Gasteiger partial charge in [-0.15, -0.1) is 0 Å². The number of likely N-dealkylation sites (tertiary alicyclic amines) is 1. The van der Waals surface area contributed by atoms with Gasteiger partial charge in [-0.2, -0.15) is 0 Å². The fourth-order valence-electron chi connectivity index (χ4n) is 4.15. The molecule has 1 aromatic carbocycles. The van der Waals surface area contributed by atoms with E-state index in [2.05, 4.69) is 10.3 Å². The lowest BCUT2D eigenvalue weighted by Gasteiger charge is -2.23. The number of benzene rings is 1. The van der Waals surface area contributed by atoms with Gasteiger partial charge in [0, 0.05) is 31.0 Å². The van der Waals surface area contributed by atoms with Crippen LogP contribution in [0.3, 0.4) is 0 Å². The molecule has 27 heavy (non-hydrogen) atoms. The zero-order valence-corrected chi connectivity index (χ0v) is 14.8. The molecule has 1 aliphatic carbocycles. The largest absolute Gasteiger partial charge is 0.481 e. The number of fused-ring (bicyclic) bond motifs is 1. The Kier molecular flexibility index (Phi) is 4.43. The third-order valence-electron chi connectivity index (χ3n) is 5.54. The van der Waals surface area contributed by atoms with Crippen molar-refractivity contribution in [3.63, 3.8) is 0 Å². The summed E-state index contributed by atoms with van der Waals surface area (Å²) in [5, 5.41) is 12.5. The topological polar surface area (TPSA) is 91.8 Å². The lowest BCUT2D eigenvalue weighted by Crippen LogP contribution is -2.38. The van der Waals surface area contributed by atoms with Crippen molar-refractivity contribution >= 4 is 17.7 Å². The van der Waals surface area contributed by atoms with E-state index in [-0.39, 0.29) is 18.5 Å². The Hall–Kier alpha value is -3.09. The summed E-state index contributed by atoms with van der Waals surface area (Å²) in [6, 6.07) is 12.3. The molecule has 0 spiro atoms. The number of aliphatic carboxylic acids is 1. The van der Waals surface area contributed by atoms with Gasteiger partial charge >= 0.3 is 12.0 Å². The minimum atomic E-state index is -0.789. The zero-order valence-electron chi connectivity index (χ0n) is 14.8. The number of ether oxygens (including phenoxy) is 1. The standard InChI is InChI=1S/C20H21N3O4/c24-18(25)20-9-4-5-14(20)12-23(13-20)19(26)22-15-8-10-21-17(11-15)27-16-6-2-1-3-7-16/h1-3,6-8,10-11,14H,4-5,9,12-13H2,(H,24,25)(H,21,22,26)/t14-,20+/m0/s1. The average molecular weight is 367 g/mol. The second kappa shape index (κ2) is 6.90. The van der Waals surface area contributed by atoms with Gasteiger partial charge in [-0.05, 0) is 37.0 Å². The van der Waals surface area contributed by atoms with Crippen molar-refractivity contribution < 1.29 is 19.4 Å². The number of para-hydroxylation sites is 1. The number of pyridine rings is 1. The number of carbonyl (C=O) groups is 2. The molecule has 1 aliphatic heterocycles. The number of carbonyl (C=O) groups excluding carboxylic acids is 1. The number of urea groups is 1. The Morgan fingerprint density at radius 3 is 2.81 bits per heavy atom. The molecular weight excluding hydrogens is 346 g/mol. The van der Waals surface area contributed by atoms with Crippen molar-refractivity contribution in [1.82, 2.24) is 9.88 Å². The van der Waals surface area contributed by atoms with Gasteiger partial charge in [0.1, 0.15) is 5.75 Å². The lowest BCUT2D eigenvalue weighted by atomic mass is 9.81.